The number of phenols is 1. The number of benzene rings is 4. The number of likely N-dealkylation sites (N-methyl/N-ethyl adjacent to an activating group) is 1. The molecule has 5 rings (SSSR count). The van der Waals surface area contributed by atoms with Gasteiger partial charge in [-0.2, -0.15) is 0 Å². The number of halogens is 1. The minimum absolute atomic E-state index is 0.0319. The largest absolute Gasteiger partial charge is 0.514 e. The number of fused-ring (bicyclic) bond motifs is 5. The van der Waals surface area contributed by atoms with Gasteiger partial charge < -0.3 is 40.2 Å². The number of hydrogen-bond donors (Lipinski definition) is 4. The van der Waals surface area contributed by atoms with Crippen LogP contribution in [0.5, 0.6) is 11.5 Å². The minimum atomic E-state index is -1.40. The summed E-state index contributed by atoms with van der Waals surface area (Å²) in [5, 5.41) is 19.4. The van der Waals surface area contributed by atoms with Crippen molar-refractivity contribution in [2.75, 3.05) is 27.2 Å². The van der Waals surface area contributed by atoms with Crippen LogP contribution in [-0.4, -0.2) is 84.6 Å². The zero-order valence-corrected chi connectivity index (χ0v) is 32.1. The molecular weight excluding hydrogens is 744 g/mol. The van der Waals surface area contributed by atoms with E-state index in [9.17, 15) is 33.9 Å². The van der Waals surface area contributed by atoms with Gasteiger partial charge in [0.05, 0.1) is 20.2 Å². The van der Waals surface area contributed by atoms with E-state index in [1.165, 1.54) is 31.3 Å². The van der Waals surface area contributed by atoms with Gasteiger partial charge in [-0.25, -0.2) is 9.59 Å². The fraction of sp³-hybridized carbons (Fsp3) is 0.268. The lowest BCUT2D eigenvalue weighted by Crippen LogP contribution is -2.49. The predicted octanol–water partition coefficient (Wildman–Crippen LogP) is 4.95. The highest BCUT2D eigenvalue weighted by molar-refractivity contribution is 6.30. The van der Waals surface area contributed by atoms with E-state index in [4.69, 9.17) is 25.8 Å². The lowest BCUT2D eigenvalue weighted by Gasteiger charge is -2.29. The number of carbonyl (C=O) groups excluding carboxylic acids is 6. The first kappa shape index (κ1) is 40.8. The Morgan fingerprint density at radius 3 is 2.21 bits per heavy atom. The third kappa shape index (κ3) is 10.2. The van der Waals surface area contributed by atoms with E-state index in [-0.39, 0.29) is 34.6 Å². The fourth-order valence-electron chi connectivity index (χ4n) is 5.92. The fourth-order valence-corrected chi connectivity index (χ4v) is 6.04. The van der Waals surface area contributed by atoms with E-state index in [0.29, 0.717) is 16.1 Å². The predicted molar refractivity (Wildman–Crippen MR) is 206 cm³/mol. The number of hydrogen-bond acceptors (Lipinski definition) is 10. The number of amides is 4. The number of ether oxygens (including phenoxy) is 3. The first-order valence-corrected chi connectivity index (χ1v) is 17.8. The molecule has 4 aromatic rings. The molecule has 0 fully saturated rings. The number of nitrogens with one attached hydrogen (secondary N) is 3. The van der Waals surface area contributed by atoms with Crippen molar-refractivity contribution in [3.05, 3.63) is 107 Å². The average Bonchev–Trinajstić information content (AvgIpc) is 3.16. The molecule has 1 aliphatic rings. The summed E-state index contributed by atoms with van der Waals surface area (Å²) in [7, 11) is 2.51. The molecule has 2 atom stereocenters. The lowest BCUT2D eigenvalue weighted by atomic mass is 9.94. The van der Waals surface area contributed by atoms with Crippen LogP contribution in [0.3, 0.4) is 0 Å². The van der Waals surface area contributed by atoms with Crippen LogP contribution in [0.1, 0.15) is 48.3 Å². The van der Waals surface area contributed by atoms with Gasteiger partial charge in [-0.15, -0.1) is 0 Å². The molecule has 0 radical (unpaired) electrons. The van der Waals surface area contributed by atoms with Crippen molar-refractivity contribution in [2.45, 2.75) is 44.9 Å². The highest BCUT2D eigenvalue weighted by atomic mass is 35.5. The zero-order valence-electron chi connectivity index (χ0n) is 31.3. The molecule has 2 unspecified atom stereocenters. The van der Waals surface area contributed by atoms with Crippen LogP contribution in [0.25, 0.3) is 22.3 Å². The van der Waals surface area contributed by atoms with Crippen LogP contribution in [0, 0.1) is 0 Å². The summed E-state index contributed by atoms with van der Waals surface area (Å²) < 4.78 is 15.8. The number of carbonyl (C=O) groups is 6. The number of rotatable bonds is 7. The Bertz CT molecular complexity index is 2150. The molecule has 0 aromatic heterocycles. The molecule has 0 aliphatic carbocycles. The van der Waals surface area contributed by atoms with E-state index >= 15 is 0 Å². The molecule has 4 bridgehead atoms. The van der Waals surface area contributed by atoms with Gasteiger partial charge in [0, 0.05) is 35.2 Å². The zero-order chi connectivity index (χ0) is 40.7. The lowest BCUT2D eigenvalue weighted by molar-refractivity contribution is -0.145. The molecule has 0 saturated heterocycles. The molecule has 292 valence electrons. The Balaban J connectivity index is 1.46. The molecule has 1 heterocycles. The summed E-state index contributed by atoms with van der Waals surface area (Å²) in [5.41, 5.74) is 2.11. The Hall–Kier alpha value is -6.41. The van der Waals surface area contributed by atoms with E-state index in [1.54, 1.807) is 69.3 Å². The summed E-state index contributed by atoms with van der Waals surface area (Å²) >= 11 is 5.99. The van der Waals surface area contributed by atoms with Gasteiger partial charge in [0.1, 0.15) is 29.2 Å². The Morgan fingerprint density at radius 1 is 0.911 bits per heavy atom. The molecule has 14 nitrogen and oxygen atoms in total. The summed E-state index contributed by atoms with van der Waals surface area (Å²) in [6.45, 7) is 3.92. The van der Waals surface area contributed by atoms with Crippen LogP contribution in [0.2, 0.25) is 5.02 Å². The van der Waals surface area contributed by atoms with Crippen molar-refractivity contribution in [1.29, 1.82) is 0 Å². The normalized spacial score (nSPS) is 15.6. The SMILES string of the molecule is COC(=O)C1Cc2ccc(OC(=O)OC(C)(C)C)c(c2)-c2cc(ccc2O)C(N(C)C(=O)CNC(=O)c2ccc(-c3ccc(Cl)cc3)cc2)C(=O)NCC(=O)N1. The molecule has 4 N–H and O–H groups in total. The van der Waals surface area contributed by atoms with Crippen molar-refractivity contribution < 1.29 is 48.1 Å². The summed E-state index contributed by atoms with van der Waals surface area (Å²) in [4.78, 5) is 80.2. The molecule has 0 spiro atoms. The van der Waals surface area contributed by atoms with Gasteiger partial charge >= 0.3 is 12.1 Å². The van der Waals surface area contributed by atoms with Gasteiger partial charge in [-0.1, -0.05) is 48.0 Å². The van der Waals surface area contributed by atoms with Crippen molar-refractivity contribution in [1.82, 2.24) is 20.9 Å². The van der Waals surface area contributed by atoms with Crippen molar-refractivity contribution in [2.24, 2.45) is 0 Å². The Labute approximate surface area is 328 Å². The number of phenolic OH excluding ortho intramolecular Hbond substituents is 1. The monoisotopic (exact) mass is 784 g/mol. The van der Waals surface area contributed by atoms with E-state index in [0.717, 1.165) is 23.1 Å². The number of methoxy groups -OCH3 is 1. The second kappa shape index (κ2) is 17.4. The van der Waals surface area contributed by atoms with Crippen molar-refractivity contribution >= 4 is 47.4 Å². The molecule has 1 aliphatic heterocycles. The second-order valence-electron chi connectivity index (χ2n) is 13.9. The molecule has 4 aromatic carbocycles. The maximum Gasteiger partial charge on any atom is 0.514 e. The summed E-state index contributed by atoms with van der Waals surface area (Å²) in [5.74, 6) is -3.78. The van der Waals surface area contributed by atoms with E-state index in [1.807, 2.05) is 12.1 Å². The number of aromatic hydroxyl groups is 1. The standard InChI is InChI=1S/C41H41ClN4O10/c1-41(2,3)56-40(53)55-33-17-6-23-18-30(33)29-20-27(13-16-32(29)47)36(38(51)43-21-34(48)45-31(19-23)39(52)54-5)46(4)35(49)22-44-37(50)26-9-7-24(8-10-26)25-11-14-28(42)15-12-25/h6-18,20,31,36,47H,19,21-22H2,1-5H3,(H,43,51)(H,44,50)(H,45,48). The van der Waals surface area contributed by atoms with Crippen LogP contribution >= 0.6 is 11.6 Å². The summed E-state index contributed by atoms with van der Waals surface area (Å²) in [6, 6.07) is 20.1. The second-order valence-corrected chi connectivity index (χ2v) is 14.3. The van der Waals surface area contributed by atoms with Crippen LogP contribution in [-0.2, 0) is 35.1 Å². The average molecular weight is 785 g/mol. The van der Waals surface area contributed by atoms with Gasteiger partial charge in [-0.3, -0.25) is 19.2 Å². The first-order chi connectivity index (χ1) is 26.5. The quantitative estimate of drug-likeness (QED) is 0.147. The van der Waals surface area contributed by atoms with Gasteiger partial charge in [0.15, 0.2) is 0 Å². The highest BCUT2D eigenvalue weighted by Crippen LogP contribution is 2.39. The molecule has 15 heteroatoms. The molecule has 0 saturated carbocycles. The third-order valence-corrected chi connectivity index (χ3v) is 8.94. The Morgan fingerprint density at radius 2 is 1.57 bits per heavy atom. The Kier molecular flexibility index (Phi) is 12.6. The van der Waals surface area contributed by atoms with Crippen LogP contribution in [0.15, 0.2) is 84.9 Å². The molecule has 4 amide bonds. The van der Waals surface area contributed by atoms with Crippen molar-refractivity contribution in [3.63, 3.8) is 0 Å². The topological polar surface area (TPSA) is 190 Å². The van der Waals surface area contributed by atoms with Crippen molar-refractivity contribution in [3.8, 4) is 33.8 Å². The maximum atomic E-state index is 13.9. The van der Waals surface area contributed by atoms with Gasteiger partial charge in [0.25, 0.3) is 5.91 Å². The van der Waals surface area contributed by atoms with Gasteiger partial charge in [-0.05, 0) is 91.6 Å². The first-order valence-electron chi connectivity index (χ1n) is 17.4. The highest BCUT2D eigenvalue weighted by Gasteiger charge is 2.32. The number of nitrogens with zero attached hydrogens (tertiary/aromatic N) is 1. The smallest absolute Gasteiger partial charge is 0.507 e. The third-order valence-electron chi connectivity index (χ3n) is 8.69. The van der Waals surface area contributed by atoms with Crippen LogP contribution < -0.4 is 20.7 Å². The number of esters is 1. The van der Waals surface area contributed by atoms with E-state index < -0.39 is 66.5 Å². The van der Waals surface area contributed by atoms with E-state index in [2.05, 4.69) is 16.0 Å². The molecule has 56 heavy (non-hydrogen) atoms. The van der Waals surface area contributed by atoms with Gasteiger partial charge in [0.2, 0.25) is 17.7 Å². The van der Waals surface area contributed by atoms with Crippen LogP contribution in [0.4, 0.5) is 4.79 Å². The maximum absolute atomic E-state index is 13.9. The minimum Gasteiger partial charge on any atom is -0.507 e. The summed E-state index contributed by atoms with van der Waals surface area (Å²) in [6.07, 6.45) is -1.09. The molecular formula is C41H41ClN4O10.